The highest BCUT2D eigenvalue weighted by Gasteiger charge is 2.32. The Morgan fingerprint density at radius 2 is 2.20 bits per heavy atom. The molecular formula is C13H18O2. The Morgan fingerprint density at radius 3 is 2.87 bits per heavy atom. The lowest BCUT2D eigenvalue weighted by Gasteiger charge is -2.35. The molecule has 1 aromatic rings. The van der Waals surface area contributed by atoms with E-state index in [4.69, 9.17) is 4.74 Å². The van der Waals surface area contributed by atoms with E-state index in [1.807, 2.05) is 19.9 Å². The van der Waals surface area contributed by atoms with Gasteiger partial charge in [0.1, 0.15) is 11.4 Å². The van der Waals surface area contributed by atoms with E-state index in [1.54, 1.807) is 0 Å². The van der Waals surface area contributed by atoms with E-state index in [0.717, 1.165) is 17.7 Å². The highest BCUT2D eigenvalue weighted by Crippen LogP contribution is 2.39. The Kier molecular flexibility index (Phi) is 2.47. The lowest BCUT2D eigenvalue weighted by atomic mass is 9.90. The normalized spacial score (nSPS) is 23.1. The summed E-state index contributed by atoms with van der Waals surface area (Å²) in [6.07, 6.45) is 1.26. The molecule has 1 heterocycles. The summed E-state index contributed by atoms with van der Waals surface area (Å²) in [7, 11) is 0. The molecule has 0 amide bonds. The van der Waals surface area contributed by atoms with Gasteiger partial charge < -0.3 is 9.84 Å². The van der Waals surface area contributed by atoms with Crippen LogP contribution in [0.25, 0.3) is 0 Å². The van der Waals surface area contributed by atoms with E-state index in [0.29, 0.717) is 6.42 Å². The second-order valence-corrected chi connectivity index (χ2v) is 4.81. The first-order valence-corrected chi connectivity index (χ1v) is 5.52. The molecule has 0 saturated heterocycles. The zero-order valence-electron chi connectivity index (χ0n) is 9.58. The monoisotopic (exact) mass is 206 g/mol. The number of benzene rings is 1. The molecule has 2 rings (SSSR count). The van der Waals surface area contributed by atoms with Crippen molar-refractivity contribution in [3.8, 4) is 5.75 Å². The lowest BCUT2D eigenvalue weighted by molar-refractivity contribution is 0.0115. The second kappa shape index (κ2) is 3.53. The zero-order valence-corrected chi connectivity index (χ0v) is 9.58. The Bertz CT molecular complexity index is 369. The minimum Gasteiger partial charge on any atom is -0.487 e. The van der Waals surface area contributed by atoms with Gasteiger partial charge in [-0.05, 0) is 38.0 Å². The van der Waals surface area contributed by atoms with Gasteiger partial charge in [-0.2, -0.15) is 0 Å². The molecule has 0 bridgehead atoms. The predicted octanol–water partition coefficient (Wildman–Crippen LogP) is 2.84. The molecule has 0 aliphatic carbocycles. The van der Waals surface area contributed by atoms with Crippen LogP contribution in [0, 0.1) is 0 Å². The fraction of sp³-hybridized carbons (Fsp3) is 0.538. The van der Waals surface area contributed by atoms with Crippen LogP contribution in [0.15, 0.2) is 18.2 Å². The smallest absolute Gasteiger partial charge is 0.125 e. The van der Waals surface area contributed by atoms with E-state index < -0.39 is 6.10 Å². The third-order valence-electron chi connectivity index (χ3n) is 2.91. The number of hydrogen-bond donors (Lipinski definition) is 1. The minimum atomic E-state index is -0.393. The highest BCUT2D eigenvalue weighted by molar-refractivity contribution is 5.41. The average molecular weight is 206 g/mol. The lowest BCUT2D eigenvalue weighted by Crippen LogP contribution is -2.34. The van der Waals surface area contributed by atoms with Crippen molar-refractivity contribution in [1.29, 1.82) is 0 Å². The number of aliphatic hydroxyl groups is 1. The van der Waals surface area contributed by atoms with Crippen LogP contribution in [0.3, 0.4) is 0 Å². The molecule has 1 N–H and O–H groups in total. The number of ether oxygens (including phenoxy) is 1. The van der Waals surface area contributed by atoms with Crippen LogP contribution in [-0.4, -0.2) is 10.7 Å². The third-order valence-corrected chi connectivity index (χ3v) is 2.91. The summed E-state index contributed by atoms with van der Waals surface area (Å²) in [6.45, 7) is 6.13. The third kappa shape index (κ3) is 2.00. The van der Waals surface area contributed by atoms with Crippen molar-refractivity contribution < 1.29 is 9.84 Å². The summed E-state index contributed by atoms with van der Waals surface area (Å²) >= 11 is 0. The van der Waals surface area contributed by atoms with Gasteiger partial charge in [-0.3, -0.25) is 0 Å². The summed E-state index contributed by atoms with van der Waals surface area (Å²) in [6, 6.07) is 6.08. The van der Waals surface area contributed by atoms with Gasteiger partial charge in [-0.15, -0.1) is 0 Å². The Labute approximate surface area is 90.9 Å². The SMILES string of the molecule is CCc1ccc2c(c1)C(O)CC(C)(C)O2. The van der Waals surface area contributed by atoms with Crippen molar-refractivity contribution in [2.45, 2.75) is 45.3 Å². The number of fused-ring (bicyclic) bond motifs is 1. The molecule has 1 unspecified atom stereocenters. The van der Waals surface area contributed by atoms with Crippen molar-refractivity contribution in [2.24, 2.45) is 0 Å². The van der Waals surface area contributed by atoms with E-state index in [1.165, 1.54) is 5.56 Å². The maximum atomic E-state index is 10.0. The molecular weight excluding hydrogens is 188 g/mol. The number of rotatable bonds is 1. The molecule has 0 spiro atoms. The topological polar surface area (TPSA) is 29.5 Å². The van der Waals surface area contributed by atoms with Crippen molar-refractivity contribution in [3.05, 3.63) is 29.3 Å². The molecule has 1 atom stereocenters. The van der Waals surface area contributed by atoms with Gasteiger partial charge in [-0.25, -0.2) is 0 Å². The molecule has 0 aromatic heterocycles. The summed E-state index contributed by atoms with van der Waals surface area (Å²) in [5.41, 5.74) is 1.92. The van der Waals surface area contributed by atoms with Crippen molar-refractivity contribution in [3.63, 3.8) is 0 Å². The van der Waals surface area contributed by atoms with Gasteiger partial charge in [0.25, 0.3) is 0 Å². The molecule has 1 aliphatic rings. The molecule has 2 heteroatoms. The first-order valence-electron chi connectivity index (χ1n) is 5.52. The minimum absolute atomic E-state index is 0.264. The summed E-state index contributed by atoms with van der Waals surface area (Å²) in [5, 5.41) is 10.0. The fourth-order valence-corrected chi connectivity index (χ4v) is 2.09. The molecule has 0 saturated carbocycles. The van der Waals surface area contributed by atoms with Crippen LogP contribution in [0.1, 0.15) is 44.4 Å². The van der Waals surface area contributed by atoms with Gasteiger partial charge in [0.2, 0.25) is 0 Å². The van der Waals surface area contributed by atoms with Gasteiger partial charge in [-0.1, -0.05) is 13.0 Å². The summed E-state index contributed by atoms with van der Waals surface area (Å²) < 4.78 is 5.83. The van der Waals surface area contributed by atoms with Crippen LogP contribution in [-0.2, 0) is 6.42 Å². The predicted molar refractivity (Wildman–Crippen MR) is 60.1 cm³/mol. The standard InChI is InChI=1S/C13H18O2/c1-4-9-5-6-12-10(7-9)11(14)8-13(2,3)15-12/h5-7,11,14H,4,8H2,1-3H3. The maximum absolute atomic E-state index is 10.0. The number of hydrogen-bond acceptors (Lipinski definition) is 2. The molecule has 0 fully saturated rings. The van der Waals surface area contributed by atoms with Gasteiger partial charge in [0.05, 0.1) is 6.10 Å². The highest BCUT2D eigenvalue weighted by atomic mass is 16.5. The number of aliphatic hydroxyl groups excluding tert-OH is 1. The van der Waals surface area contributed by atoms with Gasteiger partial charge in [0.15, 0.2) is 0 Å². The molecule has 15 heavy (non-hydrogen) atoms. The summed E-state index contributed by atoms with van der Waals surface area (Å²) in [4.78, 5) is 0. The number of aryl methyl sites for hydroxylation is 1. The summed E-state index contributed by atoms with van der Waals surface area (Å²) in [5.74, 6) is 0.830. The molecule has 1 aliphatic heterocycles. The Balaban J connectivity index is 2.41. The Morgan fingerprint density at radius 1 is 1.47 bits per heavy atom. The van der Waals surface area contributed by atoms with Crippen LogP contribution < -0.4 is 4.74 Å². The first kappa shape index (κ1) is 10.5. The Hall–Kier alpha value is -1.02. The van der Waals surface area contributed by atoms with Gasteiger partial charge >= 0.3 is 0 Å². The van der Waals surface area contributed by atoms with Gasteiger partial charge in [0, 0.05) is 12.0 Å². The molecule has 2 nitrogen and oxygen atoms in total. The molecule has 1 aromatic carbocycles. The van der Waals surface area contributed by atoms with E-state index in [9.17, 15) is 5.11 Å². The van der Waals surface area contributed by atoms with E-state index in [2.05, 4.69) is 19.1 Å². The van der Waals surface area contributed by atoms with Crippen molar-refractivity contribution in [2.75, 3.05) is 0 Å². The van der Waals surface area contributed by atoms with Crippen LogP contribution in [0.5, 0.6) is 5.75 Å². The van der Waals surface area contributed by atoms with Crippen molar-refractivity contribution >= 4 is 0 Å². The molecule has 0 radical (unpaired) electrons. The van der Waals surface area contributed by atoms with Crippen LogP contribution >= 0.6 is 0 Å². The van der Waals surface area contributed by atoms with Crippen molar-refractivity contribution in [1.82, 2.24) is 0 Å². The zero-order chi connectivity index (χ0) is 11.1. The second-order valence-electron chi connectivity index (χ2n) is 4.81. The average Bonchev–Trinajstić information content (AvgIpc) is 2.15. The molecule has 82 valence electrons. The maximum Gasteiger partial charge on any atom is 0.125 e. The first-order chi connectivity index (χ1) is 7.02. The van der Waals surface area contributed by atoms with E-state index in [-0.39, 0.29) is 5.60 Å². The fourth-order valence-electron chi connectivity index (χ4n) is 2.09. The van der Waals surface area contributed by atoms with Crippen LogP contribution in [0.2, 0.25) is 0 Å². The largest absolute Gasteiger partial charge is 0.487 e. The van der Waals surface area contributed by atoms with E-state index >= 15 is 0 Å². The quantitative estimate of drug-likeness (QED) is 0.765. The van der Waals surface area contributed by atoms with Crippen LogP contribution in [0.4, 0.5) is 0 Å².